The van der Waals surface area contributed by atoms with Gasteiger partial charge >= 0.3 is 5.97 Å². The average Bonchev–Trinajstić information content (AvgIpc) is 2.79. The number of carboxylic acids is 1. The molecule has 4 aromatic carbocycles. The summed E-state index contributed by atoms with van der Waals surface area (Å²) in [6, 6.07) is 31.4. The third-order valence-electron chi connectivity index (χ3n) is 5.02. The van der Waals surface area contributed by atoms with E-state index in [2.05, 4.69) is 12.1 Å². The summed E-state index contributed by atoms with van der Waals surface area (Å²) in [7, 11) is 0. The van der Waals surface area contributed by atoms with Crippen LogP contribution in [0.25, 0.3) is 22.3 Å². The Morgan fingerprint density at radius 1 is 0.742 bits per heavy atom. The fraction of sp³-hybridized carbons (Fsp3) is 0.0741. The Labute approximate surface area is 186 Å². The van der Waals surface area contributed by atoms with E-state index >= 15 is 0 Å². The molecule has 0 radical (unpaired) electrons. The lowest BCUT2D eigenvalue weighted by molar-refractivity contribution is -0.136. The minimum absolute atomic E-state index is 0.0105. The number of benzene rings is 4. The summed E-state index contributed by atoms with van der Waals surface area (Å²) in [5.41, 5.74) is 5.87. The summed E-state index contributed by atoms with van der Waals surface area (Å²) < 4.78 is 6.16. The van der Waals surface area contributed by atoms with Crippen LogP contribution in [0.4, 0.5) is 0 Å². The molecule has 3 nitrogen and oxygen atoms in total. The van der Waals surface area contributed by atoms with Crippen LogP contribution in [-0.2, 0) is 17.8 Å². The number of carbonyl (C=O) groups is 1. The molecule has 4 aromatic rings. The van der Waals surface area contributed by atoms with Crippen molar-refractivity contribution in [2.45, 2.75) is 13.0 Å². The molecular weight excluding hydrogens is 408 g/mol. The normalized spacial score (nSPS) is 10.6. The van der Waals surface area contributed by atoms with E-state index in [9.17, 15) is 4.79 Å². The van der Waals surface area contributed by atoms with Gasteiger partial charge in [0, 0.05) is 10.6 Å². The minimum Gasteiger partial charge on any atom is -0.488 e. The van der Waals surface area contributed by atoms with E-state index in [1.165, 1.54) is 0 Å². The van der Waals surface area contributed by atoms with Crippen molar-refractivity contribution < 1.29 is 14.6 Å². The summed E-state index contributed by atoms with van der Waals surface area (Å²) in [4.78, 5) is 11.0. The zero-order valence-corrected chi connectivity index (χ0v) is 17.5. The molecule has 4 rings (SSSR count). The maximum absolute atomic E-state index is 11.0. The van der Waals surface area contributed by atoms with Crippen molar-refractivity contribution in [2.75, 3.05) is 0 Å². The first-order valence-corrected chi connectivity index (χ1v) is 10.3. The second kappa shape index (κ2) is 9.50. The van der Waals surface area contributed by atoms with Gasteiger partial charge < -0.3 is 9.84 Å². The Morgan fingerprint density at radius 2 is 1.42 bits per heavy atom. The van der Waals surface area contributed by atoms with Crippen molar-refractivity contribution in [1.82, 2.24) is 0 Å². The molecule has 0 aliphatic heterocycles. The predicted octanol–water partition coefficient (Wildman–Crippen LogP) is 6.88. The maximum atomic E-state index is 11.0. The van der Waals surface area contributed by atoms with Crippen molar-refractivity contribution in [3.63, 3.8) is 0 Å². The summed E-state index contributed by atoms with van der Waals surface area (Å²) >= 11 is 6.27. The van der Waals surface area contributed by atoms with Crippen LogP contribution in [0.3, 0.4) is 0 Å². The molecular formula is C27H21ClO3. The number of ether oxygens (including phenoxy) is 1. The second-order valence-corrected chi connectivity index (χ2v) is 7.66. The van der Waals surface area contributed by atoms with Gasteiger partial charge in [-0.05, 0) is 46.0 Å². The Morgan fingerprint density at radius 3 is 2.13 bits per heavy atom. The average molecular weight is 429 g/mol. The number of aliphatic carboxylic acids is 1. The van der Waals surface area contributed by atoms with Crippen molar-refractivity contribution in [2.24, 2.45) is 0 Å². The molecule has 0 fully saturated rings. The molecule has 0 saturated carbocycles. The van der Waals surface area contributed by atoms with Crippen LogP contribution in [-0.4, -0.2) is 11.1 Å². The molecule has 154 valence electrons. The maximum Gasteiger partial charge on any atom is 0.307 e. The number of hydrogen-bond acceptors (Lipinski definition) is 2. The lowest BCUT2D eigenvalue weighted by Gasteiger charge is -2.16. The Kier molecular flexibility index (Phi) is 6.34. The van der Waals surface area contributed by atoms with E-state index in [0.29, 0.717) is 17.4 Å². The van der Waals surface area contributed by atoms with E-state index in [1.807, 2.05) is 84.9 Å². The molecule has 0 atom stereocenters. The first kappa shape index (κ1) is 20.7. The highest BCUT2D eigenvalue weighted by atomic mass is 35.5. The van der Waals surface area contributed by atoms with Crippen molar-refractivity contribution in [3.8, 4) is 28.0 Å². The minimum atomic E-state index is -0.838. The molecule has 0 spiro atoms. The predicted molar refractivity (Wildman–Crippen MR) is 124 cm³/mol. The zero-order chi connectivity index (χ0) is 21.6. The van der Waals surface area contributed by atoms with Gasteiger partial charge in [-0.15, -0.1) is 0 Å². The Bertz CT molecular complexity index is 1180. The van der Waals surface area contributed by atoms with E-state index in [-0.39, 0.29) is 6.42 Å². The van der Waals surface area contributed by atoms with Crippen LogP contribution in [0.5, 0.6) is 5.75 Å². The number of halogens is 1. The van der Waals surface area contributed by atoms with Crippen LogP contribution in [0, 0.1) is 0 Å². The van der Waals surface area contributed by atoms with Crippen molar-refractivity contribution in [1.29, 1.82) is 0 Å². The third-order valence-corrected chi connectivity index (χ3v) is 5.25. The highest BCUT2D eigenvalue weighted by Gasteiger charge is 2.13. The molecule has 0 aliphatic rings. The van der Waals surface area contributed by atoms with Crippen LogP contribution in [0.2, 0.25) is 5.02 Å². The van der Waals surface area contributed by atoms with Gasteiger partial charge in [-0.2, -0.15) is 0 Å². The molecule has 0 aromatic heterocycles. The van der Waals surface area contributed by atoms with Gasteiger partial charge in [0.2, 0.25) is 0 Å². The summed E-state index contributed by atoms with van der Waals surface area (Å²) in [6.07, 6.45) is 0.0105. The summed E-state index contributed by atoms with van der Waals surface area (Å²) in [5.74, 6) is -0.124. The fourth-order valence-electron chi connectivity index (χ4n) is 3.52. The van der Waals surface area contributed by atoms with Crippen LogP contribution >= 0.6 is 11.6 Å². The lowest BCUT2D eigenvalue weighted by Crippen LogP contribution is -1.99. The molecule has 0 bridgehead atoms. The fourth-order valence-corrected chi connectivity index (χ4v) is 3.68. The summed E-state index contributed by atoms with van der Waals surface area (Å²) in [6.45, 7) is 0.445. The van der Waals surface area contributed by atoms with E-state index < -0.39 is 5.97 Å². The Hall–Kier alpha value is -3.56. The van der Waals surface area contributed by atoms with Gasteiger partial charge in [-0.1, -0.05) is 90.5 Å². The first-order chi connectivity index (χ1) is 15.1. The van der Waals surface area contributed by atoms with E-state index in [0.717, 1.165) is 33.4 Å². The third kappa shape index (κ3) is 5.14. The number of rotatable bonds is 7. The number of hydrogen-bond donors (Lipinski definition) is 1. The van der Waals surface area contributed by atoms with E-state index in [1.54, 1.807) is 0 Å². The van der Waals surface area contributed by atoms with Gasteiger partial charge in [0.05, 0.1) is 6.42 Å². The largest absolute Gasteiger partial charge is 0.488 e. The topological polar surface area (TPSA) is 46.5 Å². The number of carboxylic acid groups (broad SMARTS) is 1. The second-order valence-electron chi connectivity index (χ2n) is 7.23. The van der Waals surface area contributed by atoms with Crippen LogP contribution in [0.1, 0.15) is 11.1 Å². The van der Waals surface area contributed by atoms with E-state index in [4.69, 9.17) is 21.4 Å². The smallest absolute Gasteiger partial charge is 0.307 e. The van der Waals surface area contributed by atoms with Gasteiger partial charge in [-0.3, -0.25) is 4.79 Å². The first-order valence-electron chi connectivity index (χ1n) is 9.97. The SMILES string of the molecule is O=C(O)Cc1ccc(-c2ccccc2-c2ccc(Cl)cc2OCc2ccccc2)cc1. The van der Waals surface area contributed by atoms with Gasteiger partial charge in [-0.25, -0.2) is 0 Å². The molecule has 4 heteroatoms. The van der Waals surface area contributed by atoms with Gasteiger partial charge in [0.15, 0.2) is 0 Å². The molecule has 0 saturated heterocycles. The molecule has 0 heterocycles. The lowest BCUT2D eigenvalue weighted by atomic mass is 9.93. The Balaban J connectivity index is 1.70. The van der Waals surface area contributed by atoms with Crippen LogP contribution in [0.15, 0.2) is 97.1 Å². The molecule has 0 unspecified atom stereocenters. The highest BCUT2D eigenvalue weighted by molar-refractivity contribution is 6.30. The molecule has 0 aliphatic carbocycles. The summed E-state index contributed by atoms with van der Waals surface area (Å²) in [5, 5.41) is 9.62. The van der Waals surface area contributed by atoms with Crippen molar-refractivity contribution >= 4 is 17.6 Å². The van der Waals surface area contributed by atoms with Gasteiger partial charge in [0.25, 0.3) is 0 Å². The highest BCUT2D eigenvalue weighted by Crippen LogP contribution is 2.39. The van der Waals surface area contributed by atoms with Crippen LogP contribution < -0.4 is 4.74 Å². The zero-order valence-electron chi connectivity index (χ0n) is 16.8. The molecule has 31 heavy (non-hydrogen) atoms. The van der Waals surface area contributed by atoms with Gasteiger partial charge in [0.1, 0.15) is 12.4 Å². The van der Waals surface area contributed by atoms with Crippen molar-refractivity contribution in [3.05, 3.63) is 113 Å². The monoisotopic (exact) mass is 428 g/mol. The standard InChI is InChI=1S/C27H21ClO3/c28-22-14-15-25(26(17-22)31-18-20-6-2-1-3-7-20)24-9-5-4-8-23(24)21-12-10-19(11-13-21)16-27(29)30/h1-15,17H,16,18H2,(H,29,30). The molecule has 1 N–H and O–H groups in total. The molecule has 0 amide bonds. The quantitative estimate of drug-likeness (QED) is 0.349.